The summed E-state index contributed by atoms with van der Waals surface area (Å²) in [4.78, 5) is 9.58. The van der Waals surface area contributed by atoms with Crippen molar-refractivity contribution in [3.63, 3.8) is 0 Å². The molecule has 18 heavy (non-hydrogen) atoms. The Balaban J connectivity index is 2.29. The van der Waals surface area contributed by atoms with Gasteiger partial charge in [0, 0.05) is 31.5 Å². The van der Waals surface area contributed by atoms with Gasteiger partial charge in [0.1, 0.15) is 5.82 Å². The second-order valence-electron chi connectivity index (χ2n) is 5.96. The van der Waals surface area contributed by atoms with Gasteiger partial charge in [-0.25, -0.2) is 9.97 Å². The second kappa shape index (κ2) is 5.79. The van der Waals surface area contributed by atoms with Crippen LogP contribution in [0, 0.1) is 5.92 Å². The van der Waals surface area contributed by atoms with Crippen LogP contribution in [-0.2, 0) is 19.4 Å². The lowest BCUT2D eigenvalue weighted by molar-refractivity contribution is 0.558. The molecular formula is C15H25N3. The fourth-order valence-corrected chi connectivity index (χ4v) is 2.43. The fraction of sp³-hybridized carbons (Fsp3) is 0.733. The quantitative estimate of drug-likeness (QED) is 0.889. The lowest BCUT2D eigenvalue weighted by atomic mass is 9.98. The molecule has 0 unspecified atom stereocenters. The minimum atomic E-state index is 0.486. The fourth-order valence-electron chi connectivity index (χ4n) is 2.43. The summed E-state index contributed by atoms with van der Waals surface area (Å²) in [5.41, 5.74) is 3.89. The molecule has 1 N–H and O–H groups in total. The van der Waals surface area contributed by atoms with Gasteiger partial charge in [-0.3, -0.25) is 0 Å². The Bertz CT molecular complexity index is 410. The number of nitrogens with zero attached hydrogens (tertiary/aromatic N) is 2. The van der Waals surface area contributed by atoms with Crippen molar-refractivity contribution in [1.29, 1.82) is 0 Å². The zero-order valence-electron chi connectivity index (χ0n) is 12.1. The van der Waals surface area contributed by atoms with E-state index < -0.39 is 0 Å². The Hall–Kier alpha value is -0.960. The van der Waals surface area contributed by atoms with Crippen molar-refractivity contribution in [2.24, 2.45) is 5.92 Å². The number of aromatic nitrogens is 2. The van der Waals surface area contributed by atoms with Crippen LogP contribution in [0.2, 0.25) is 0 Å². The third-order valence-electron chi connectivity index (χ3n) is 3.50. The van der Waals surface area contributed by atoms with Crippen LogP contribution in [0.25, 0.3) is 0 Å². The number of nitrogens with one attached hydrogen (secondary N) is 1. The van der Waals surface area contributed by atoms with Crippen LogP contribution in [0.5, 0.6) is 0 Å². The highest BCUT2D eigenvalue weighted by molar-refractivity contribution is 5.30. The van der Waals surface area contributed by atoms with E-state index in [4.69, 9.17) is 9.97 Å². The van der Waals surface area contributed by atoms with Crippen molar-refractivity contribution >= 4 is 0 Å². The van der Waals surface area contributed by atoms with Crippen LogP contribution >= 0.6 is 0 Å². The van der Waals surface area contributed by atoms with Crippen LogP contribution in [-0.4, -0.2) is 16.5 Å². The highest BCUT2D eigenvalue weighted by Crippen LogP contribution is 2.23. The number of hydrogen-bond acceptors (Lipinski definition) is 3. The highest BCUT2D eigenvalue weighted by Gasteiger charge is 2.19. The molecule has 0 radical (unpaired) electrons. The van der Waals surface area contributed by atoms with E-state index in [1.54, 1.807) is 0 Å². The van der Waals surface area contributed by atoms with Crippen molar-refractivity contribution in [1.82, 2.24) is 15.3 Å². The van der Waals surface area contributed by atoms with Crippen molar-refractivity contribution < 1.29 is 0 Å². The molecule has 0 fully saturated rings. The predicted octanol–water partition coefficient (Wildman–Crippen LogP) is 2.83. The molecule has 0 bridgehead atoms. The SMILES string of the molecule is CC(C)CCc1nc2c(c(C(C)C)n1)CNCC2. The lowest BCUT2D eigenvalue weighted by Crippen LogP contribution is -2.27. The minimum absolute atomic E-state index is 0.486. The van der Waals surface area contributed by atoms with Gasteiger partial charge in [-0.2, -0.15) is 0 Å². The first kappa shape index (κ1) is 13.5. The molecule has 1 aliphatic rings. The van der Waals surface area contributed by atoms with E-state index in [0.29, 0.717) is 11.8 Å². The van der Waals surface area contributed by atoms with Crippen molar-refractivity contribution in [2.45, 2.75) is 59.4 Å². The monoisotopic (exact) mass is 247 g/mol. The first-order chi connectivity index (χ1) is 8.58. The van der Waals surface area contributed by atoms with Crippen LogP contribution in [0.15, 0.2) is 0 Å². The van der Waals surface area contributed by atoms with Gasteiger partial charge in [-0.15, -0.1) is 0 Å². The Morgan fingerprint density at radius 1 is 1.17 bits per heavy atom. The molecule has 0 saturated carbocycles. The van der Waals surface area contributed by atoms with Crippen molar-refractivity contribution in [3.05, 3.63) is 22.8 Å². The molecule has 1 aliphatic heterocycles. The summed E-state index contributed by atoms with van der Waals surface area (Å²) in [6.07, 6.45) is 3.24. The van der Waals surface area contributed by atoms with Gasteiger partial charge < -0.3 is 5.32 Å². The molecule has 2 rings (SSSR count). The van der Waals surface area contributed by atoms with E-state index in [-0.39, 0.29) is 0 Å². The van der Waals surface area contributed by atoms with Gasteiger partial charge >= 0.3 is 0 Å². The summed E-state index contributed by atoms with van der Waals surface area (Å²) < 4.78 is 0. The molecular weight excluding hydrogens is 222 g/mol. The molecule has 1 aromatic heterocycles. The maximum Gasteiger partial charge on any atom is 0.128 e. The molecule has 0 aromatic carbocycles. The molecule has 3 nitrogen and oxygen atoms in total. The van der Waals surface area contributed by atoms with Gasteiger partial charge in [-0.05, 0) is 18.3 Å². The topological polar surface area (TPSA) is 37.8 Å². The van der Waals surface area contributed by atoms with E-state index in [1.165, 1.54) is 23.4 Å². The standard InChI is InChI=1S/C15H25N3/c1-10(2)5-6-14-17-13-7-8-16-9-12(13)15(18-14)11(3)4/h10-11,16H,5-9H2,1-4H3. The summed E-state index contributed by atoms with van der Waals surface area (Å²) in [5, 5.41) is 3.43. The summed E-state index contributed by atoms with van der Waals surface area (Å²) in [5.74, 6) is 2.25. The molecule has 3 heteroatoms. The van der Waals surface area contributed by atoms with Crippen LogP contribution in [0.3, 0.4) is 0 Å². The van der Waals surface area contributed by atoms with Gasteiger partial charge in [0.05, 0.1) is 11.4 Å². The first-order valence-corrected chi connectivity index (χ1v) is 7.17. The largest absolute Gasteiger partial charge is 0.312 e. The number of hydrogen-bond donors (Lipinski definition) is 1. The second-order valence-corrected chi connectivity index (χ2v) is 5.96. The zero-order valence-corrected chi connectivity index (χ0v) is 12.1. The Morgan fingerprint density at radius 2 is 1.94 bits per heavy atom. The van der Waals surface area contributed by atoms with E-state index in [9.17, 15) is 0 Å². The molecule has 2 heterocycles. The van der Waals surface area contributed by atoms with E-state index in [0.717, 1.165) is 31.8 Å². The van der Waals surface area contributed by atoms with Gasteiger partial charge in [-0.1, -0.05) is 27.7 Å². The molecule has 0 spiro atoms. The summed E-state index contributed by atoms with van der Waals surface area (Å²) in [7, 11) is 0. The third kappa shape index (κ3) is 3.08. The van der Waals surface area contributed by atoms with E-state index >= 15 is 0 Å². The Labute approximate surface area is 110 Å². The number of fused-ring (bicyclic) bond motifs is 1. The average Bonchev–Trinajstić information content (AvgIpc) is 2.35. The normalized spacial score (nSPS) is 15.2. The smallest absolute Gasteiger partial charge is 0.128 e. The predicted molar refractivity (Wildman–Crippen MR) is 74.7 cm³/mol. The molecule has 100 valence electrons. The van der Waals surface area contributed by atoms with Crippen LogP contribution in [0.1, 0.15) is 62.8 Å². The summed E-state index contributed by atoms with van der Waals surface area (Å²) in [6, 6.07) is 0. The zero-order chi connectivity index (χ0) is 13.1. The first-order valence-electron chi connectivity index (χ1n) is 7.17. The molecule has 0 atom stereocenters. The van der Waals surface area contributed by atoms with E-state index in [2.05, 4.69) is 33.0 Å². The molecule has 0 amide bonds. The van der Waals surface area contributed by atoms with Crippen LogP contribution < -0.4 is 5.32 Å². The Kier molecular flexibility index (Phi) is 4.33. The minimum Gasteiger partial charge on any atom is -0.312 e. The van der Waals surface area contributed by atoms with E-state index in [1.807, 2.05) is 0 Å². The highest BCUT2D eigenvalue weighted by atomic mass is 15.0. The summed E-state index contributed by atoms with van der Waals surface area (Å²) >= 11 is 0. The van der Waals surface area contributed by atoms with Crippen molar-refractivity contribution in [3.8, 4) is 0 Å². The number of rotatable bonds is 4. The van der Waals surface area contributed by atoms with Gasteiger partial charge in [0.15, 0.2) is 0 Å². The summed E-state index contributed by atoms with van der Waals surface area (Å²) in [6.45, 7) is 10.9. The van der Waals surface area contributed by atoms with Gasteiger partial charge in [0.2, 0.25) is 0 Å². The maximum atomic E-state index is 4.81. The van der Waals surface area contributed by atoms with Crippen molar-refractivity contribution in [2.75, 3.05) is 6.54 Å². The third-order valence-corrected chi connectivity index (χ3v) is 3.50. The molecule has 1 aromatic rings. The average molecular weight is 247 g/mol. The van der Waals surface area contributed by atoms with Crippen LogP contribution in [0.4, 0.5) is 0 Å². The molecule has 0 aliphatic carbocycles. The van der Waals surface area contributed by atoms with Gasteiger partial charge in [0.25, 0.3) is 0 Å². The Morgan fingerprint density at radius 3 is 2.61 bits per heavy atom. The maximum absolute atomic E-state index is 4.81. The lowest BCUT2D eigenvalue weighted by Gasteiger charge is -2.22. The number of aryl methyl sites for hydroxylation is 1. The molecule has 0 saturated heterocycles.